The van der Waals surface area contributed by atoms with Crippen LogP contribution in [-0.2, 0) is 11.3 Å². The van der Waals surface area contributed by atoms with E-state index in [2.05, 4.69) is 4.98 Å². The van der Waals surface area contributed by atoms with Crippen molar-refractivity contribution < 1.29 is 18.3 Å². The summed E-state index contributed by atoms with van der Waals surface area (Å²) in [5, 5.41) is 0. The molecule has 0 saturated carbocycles. The van der Waals surface area contributed by atoms with E-state index < -0.39 is 11.3 Å². The number of piperidine rings is 1. The highest BCUT2D eigenvalue weighted by Crippen LogP contribution is 2.45. The van der Waals surface area contributed by atoms with Gasteiger partial charge in [-0.05, 0) is 12.5 Å². The van der Waals surface area contributed by atoms with Crippen LogP contribution in [0.1, 0.15) is 18.4 Å². The van der Waals surface area contributed by atoms with Gasteiger partial charge in [0.1, 0.15) is 0 Å². The van der Waals surface area contributed by atoms with Gasteiger partial charge < -0.3 is 9.64 Å². The van der Waals surface area contributed by atoms with Gasteiger partial charge in [-0.3, -0.25) is 9.69 Å². The topological polar surface area (TPSA) is 45.7 Å². The number of aromatic nitrogens is 1. The summed E-state index contributed by atoms with van der Waals surface area (Å²) in [4.78, 5) is 19.7. The molecule has 3 rings (SSSR count). The fourth-order valence-electron chi connectivity index (χ4n) is 3.80. The van der Waals surface area contributed by atoms with E-state index in [-0.39, 0.29) is 18.9 Å². The predicted molar refractivity (Wildman–Crippen MR) is 80.3 cm³/mol. The average molecular weight is 325 g/mol. The van der Waals surface area contributed by atoms with Gasteiger partial charge in [0.2, 0.25) is 11.8 Å². The average Bonchev–Trinajstić information content (AvgIpc) is 2.74. The molecule has 1 atom stereocenters. The van der Waals surface area contributed by atoms with E-state index in [0.29, 0.717) is 31.9 Å². The maximum Gasteiger partial charge on any atom is 0.261 e. The summed E-state index contributed by atoms with van der Waals surface area (Å²) >= 11 is 0. The lowest BCUT2D eigenvalue weighted by Gasteiger charge is -2.42. The molecule has 1 aromatic rings. The van der Waals surface area contributed by atoms with Crippen LogP contribution in [0.5, 0.6) is 5.88 Å². The Morgan fingerprint density at radius 1 is 1.39 bits per heavy atom. The van der Waals surface area contributed by atoms with Crippen LogP contribution in [0.15, 0.2) is 18.3 Å². The fraction of sp³-hybridized carbons (Fsp3) is 0.625. The van der Waals surface area contributed by atoms with Gasteiger partial charge in [0.25, 0.3) is 5.92 Å². The number of amides is 1. The van der Waals surface area contributed by atoms with Gasteiger partial charge >= 0.3 is 0 Å². The Balaban J connectivity index is 1.84. The summed E-state index contributed by atoms with van der Waals surface area (Å²) < 4.78 is 33.7. The molecule has 1 spiro atoms. The first kappa shape index (κ1) is 16.1. The third-order valence-corrected chi connectivity index (χ3v) is 4.74. The number of ether oxygens (including phenoxy) is 1. The Hall–Kier alpha value is -1.76. The molecular weight excluding hydrogens is 304 g/mol. The van der Waals surface area contributed by atoms with Gasteiger partial charge in [-0.15, -0.1) is 0 Å². The molecule has 5 nitrogen and oxygen atoms in total. The van der Waals surface area contributed by atoms with Crippen LogP contribution in [-0.4, -0.2) is 60.4 Å². The van der Waals surface area contributed by atoms with Gasteiger partial charge in [0.05, 0.1) is 19.1 Å². The number of pyridine rings is 1. The standard InChI is InChI=1S/C16H21F2N3O2/c1-20-7-5-15(14(20)22)9-16(17,18)11-21(10-15)8-12-4-3-6-19-13(12)23-2/h3-4,6H,5,7-11H2,1-2H3/t15-/m0/s1. The van der Waals surface area contributed by atoms with Gasteiger partial charge in [0.15, 0.2) is 0 Å². The second-order valence-electron chi connectivity index (χ2n) is 6.61. The molecule has 2 aliphatic rings. The van der Waals surface area contributed by atoms with Gasteiger partial charge in [-0.1, -0.05) is 6.07 Å². The molecule has 0 N–H and O–H groups in total. The molecule has 0 unspecified atom stereocenters. The molecule has 7 heteroatoms. The molecule has 2 fully saturated rings. The Kier molecular flexibility index (Phi) is 4.00. The lowest BCUT2D eigenvalue weighted by Crippen LogP contribution is -2.55. The number of likely N-dealkylation sites (tertiary alicyclic amines) is 2. The molecule has 3 heterocycles. The molecule has 1 aromatic heterocycles. The van der Waals surface area contributed by atoms with Crippen LogP contribution in [0.2, 0.25) is 0 Å². The van der Waals surface area contributed by atoms with Gasteiger partial charge in [-0.2, -0.15) is 0 Å². The molecule has 1 amide bonds. The van der Waals surface area contributed by atoms with Crippen LogP contribution in [0.25, 0.3) is 0 Å². The molecule has 23 heavy (non-hydrogen) atoms. The Bertz CT molecular complexity index is 611. The highest BCUT2D eigenvalue weighted by molar-refractivity contribution is 5.85. The monoisotopic (exact) mass is 325 g/mol. The SMILES string of the molecule is COc1ncccc1CN1CC(F)(F)C[C@@]2(CCN(C)C2=O)C1. The number of carbonyl (C=O) groups excluding carboxylic acids is 1. The number of hydrogen-bond donors (Lipinski definition) is 0. The third-order valence-electron chi connectivity index (χ3n) is 4.74. The first-order chi connectivity index (χ1) is 10.9. The Labute approximate surface area is 134 Å². The van der Waals surface area contributed by atoms with Crippen molar-refractivity contribution in [2.45, 2.75) is 25.3 Å². The Morgan fingerprint density at radius 3 is 2.83 bits per heavy atom. The number of methoxy groups -OCH3 is 1. The first-order valence-corrected chi connectivity index (χ1v) is 7.69. The van der Waals surface area contributed by atoms with Crippen LogP contribution < -0.4 is 4.74 Å². The minimum absolute atomic E-state index is 0.167. The zero-order valence-corrected chi connectivity index (χ0v) is 13.4. The smallest absolute Gasteiger partial charge is 0.261 e. The normalized spacial score (nSPS) is 27.7. The second kappa shape index (κ2) is 5.70. The van der Waals surface area contributed by atoms with Crippen molar-refractivity contribution in [1.82, 2.24) is 14.8 Å². The third kappa shape index (κ3) is 3.02. The fourth-order valence-corrected chi connectivity index (χ4v) is 3.80. The van der Waals surface area contributed by atoms with Crippen molar-refractivity contribution in [3.63, 3.8) is 0 Å². The van der Waals surface area contributed by atoms with Crippen molar-refractivity contribution in [3.05, 3.63) is 23.9 Å². The molecule has 0 radical (unpaired) electrons. The number of hydrogen-bond acceptors (Lipinski definition) is 4. The molecule has 0 aromatic carbocycles. The number of carbonyl (C=O) groups is 1. The van der Waals surface area contributed by atoms with Crippen molar-refractivity contribution >= 4 is 5.91 Å². The maximum absolute atomic E-state index is 14.3. The molecule has 0 bridgehead atoms. The first-order valence-electron chi connectivity index (χ1n) is 7.69. The summed E-state index contributed by atoms with van der Waals surface area (Å²) in [5.74, 6) is -2.60. The van der Waals surface area contributed by atoms with Crippen LogP contribution in [0, 0.1) is 5.41 Å². The zero-order valence-electron chi connectivity index (χ0n) is 13.4. The lowest BCUT2D eigenvalue weighted by molar-refractivity contribution is -0.154. The van der Waals surface area contributed by atoms with E-state index in [1.54, 1.807) is 29.1 Å². The van der Waals surface area contributed by atoms with E-state index in [4.69, 9.17) is 4.74 Å². The minimum atomic E-state index is -2.87. The number of alkyl halides is 2. The van der Waals surface area contributed by atoms with E-state index in [9.17, 15) is 13.6 Å². The molecule has 2 aliphatic heterocycles. The van der Waals surface area contributed by atoms with Crippen LogP contribution in [0.4, 0.5) is 8.78 Å². The second-order valence-corrected chi connectivity index (χ2v) is 6.61. The van der Waals surface area contributed by atoms with Crippen LogP contribution in [0.3, 0.4) is 0 Å². The minimum Gasteiger partial charge on any atom is -0.481 e. The zero-order chi connectivity index (χ0) is 16.7. The lowest BCUT2D eigenvalue weighted by atomic mass is 9.77. The molecule has 2 saturated heterocycles. The summed E-state index contributed by atoms with van der Waals surface area (Å²) in [5.41, 5.74) is -0.215. The van der Waals surface area contributed by atoms with Crippen molar-refractivity contribution in [2.24, 2.45) is 5.41 Å². The number of rotatable bonds is 3. The summed E-state index contributed by atoms with van der Waals surface area (Å²) in [7, 11) is 3.19. The summed E-state index contributed by atoms with van der Waals surface area (Å²) in [6.07, 6.45) is 1.73. The molecule has 0 aliphatic carbocycles. The summed E-state index contributed by atoms with van der Waals surface area (Å²) in [6, 6.07) is 3.57. The summed E-state index contributed by atoms with van der Waals surface area (Å²) in [6.45, 7) is 0.845. The number of nitrogens with zero attached hydrogens (tertiary/aromatic N) is 3. The predicted octanol–water partition coefficient (Wildman–Crippen LogP) is 1.78. The largest absolute Gasteiger partial charge is 0.481 e. The highest BCUT2D eigenvalue weighted by Gasteiger charge is 2.56. The van der Waals surface area contributed by atoms with Gasteiger partial charge in [0, 0.05) is 44.9 Å². The Morgan fingerprint density at radius 2 is 2.17 bits per heavy atom. The van der Waals surface area contributed by atoms with E-state index in [1.165, 1.54) is 7.11 Å². The molecular formula is C16H21F2N3O2. The quantitative estimate of drug-likeness (QED) is 0.850. The van der Waals surface area contributed by atoms with Crippen molar-refractivity contribution in [1.29, 1.82) is 0 Å². The number of halogens is 2. The van der Waals surface area contributed by atoms with E-state index in [0.717, 1.165) is 5.56 Å². The van der Waals surface area contributed by atoms with Crippen LogP contribution >= 0.6 is 0 Å². The maximum atomic E-state index is 14.3. The van der Waals surface area contributed by atoms with Crippen molar-refractivity contribution in [3.8, 4) is 5.88 Å². The van der Waals surface area contributed by atoms with E-state index in [1.807, 2.05) is 6.07 Å². The molecule has 126 valence electrons. The highest BCUT2D eigenvalue weighted by atomic mass is 19.3. The van der Waals surface area contributed by atoms with E-state index >= 15 is 0 Å². The van der Waals surface area contributed by atoms with Gasteiger partial charge in [-0.25, -0.2) is 13.8 Å². The van der Waals surface area contributed by atoms with Crippen molar-refractivity contribution in [2.75, 3.05) is 33.8 Å².